The second-order valence-corrected chi connectivity index (χ2v) is 6.82. The average molecular weight is 252 g/mol. The number of rotatable bonds is 3. The van der Waals surface area contributed by atoms with Crippen LogP contribution >= 0.6 is 0 Å². The summed E-state index contributed by atoms with van der Waals surface area (Å²) >= 11 is 0. The van der Waals surface area contributed by atoms with Crippen LogP contribution in [0.15, 0.2) is 0 Å². The predicted molar refractivity (Wildman–Crippen MR) is 73.3 cm³/mol. The van der Waals surface area contributed by atoms with Crippen molar-refractivity contribution in [3.05, 3.63) is 0 Å². The minimum Gasteiger partial charge on any atom is -0.462 e. The molecule has 2 aliphatic rings. The summed E-state index contributed by atoms with van der Waals surface area (Å²) in [5.41, 5.74) is -0.319. The average Bonchev–Trinajstić information content (AvgIpc) is 2.73. The molecule has 2 saturated carbocycles. The normalized spacial score (nSPS) is 32.7. The van der Waals surface area contributed by atoms with Gasteiger partial charge < -0.3 is 4.74 Å². The molecule has 0 radical (unpaired) electrons. The maximum atomic E-state index is 12.2. The van der Waals surface area contributed by atoms with E-state index in [0.717, 1.165) is 18.8 Å². The second-order valence-electron chi connectivity index (χ2n) is 6.82. The van der Waals surface area contributed by atoms with Crippen molar-refractivity contribution in [1.82, 2.24) is 0 Å². The summed E-state index contributed by atoms with van der Waals surface area (Å²) in [5.74, 6) is 1.50. The van der Waals surface area contributed by atoms with Crippen LogP contribution in [0.5, 0.6) is 0 Å². The Labute approximate surface area is 111 Å². The van der Waals surface area contributed by atoms with Crippen LogP contribution in [0.3, 0.4) is 0 Å². The zero-order chi connectivity index (χ0) is 13.2. The Kier molecular flexibility index (Phi) is 4.34. The van der Waals surface area contributed by atoms with E-state index in [4.69, 9.17) is 4.74 Å². The van der Waals surface area contributed by atoms with E-state index in [9.17, 15) is 4.79 Å². The Morgan fingerprint density at radius 3 is 2.50 bits per heavy atom. The van der Waals surface area contributed by atoms with Crippen molar-refractivity contribution in [2.24, 2.45) is 17.3 Å². The van der Waals surface area contributed by atoms with Crippen molar-refractivity contribution < 1.29 is 9.53 Å². The molecule has 18 heavy (non-hydrogen) atoms. The Morgan fingerprint density at radius 1 is 1.11 bits per heavy atom. The number of ether oxygens (including phenoxy) is 1. The molecule has 3 atom stereocenters. The van der Waals surface area contributed by atoms with E-state index in [2.05, 4.69) is 6.92 Å². The zero-order valence-corrected chi connectivity index (χ0v) is 12.2. The molecule has 3 unspecified atom stereocenters. The van der Waals surface area contributed by atoms with Crippen LogP contribution in [0, 0.1) is 17.3 Å². The van der Waals surface area contributed by atoms with Crippen LogP contribution in [-0.2, 0) is 9.53 Å². The van der Waals surface area contributed by atoms with E-state index in [0.29, 0.717) is 5.92 Å². The molecule has 0 saturated heterocycles. The summed E-state index contributed by atoms with van der Waals surface area (Å²) in [6, 6.07) is 0. The summed E-state index contributed by atoms with van der Waals surface area (Å²) in [6.07, 6.45) is 10.0. The van der Waals surface area contributed by atoms with Crippen molar-refractivity contribution in [2.45, 2.75) is 78.2 Å². The predicted octanol–water partition coefficient (Wildman–Crippen LogP) is 4.32. The first-order valence-corrected chi connectivity index (χ1v) is 7.75. The second kappa shape index (κ2) is 5.63. The van der Waals surface area contributed by atoms with E-state index in [1.807, 2.05) is 13.8 Å². The number of fused-ring (bicyclic) bond motifs is 1. The van der Waals surface area contributed by atoms with Gasteiger partial charge in [-0.3, -0.25) is 4.79 Å². The lowest BCUT2D eigenvalue weighted by Gasteiger charge is -2.30. The van der Waals surface area contributed by atoms with Gasteiger partial charge in [-0.15, -0.1) is 0 Å². The molecule has 2 rings (SSSR count). The molecule has 2 aliphatic carbocycles. The highest BCUT2D eigenvalue weighted by Gasteiger charge is 2.39. The quantitative estimate of drug-likeness (QED) is 0.699. The summed E-state index contributed by atoms with van der Waals surface area (Å²) in [7, 11) is 0. The van der Waals surface area contributed by atoms with Gasteiger partial charge in [0, 0.05) is 0 Å². The van der Waals surface area contributed by atoms with Gasteiger partial charge in [0.2, 0.25) is 0 Å². The molecule has 104 valence electrons. The molecule has 0 aromatic rings. The molecule has 0 amide bonds. The smallest absolute Gasteiger partial charge is 0.311 e. The minimum atomic E-state index is -0.319. The van der Waals surface area contributed by atoms with Gasteiger partial charge in [-0.1, -0.05) is 32.6 Å². The topological polar surface area (TPSA) is 26.3 Å². The first kappa shape index (κ1) is 13.9. The van der Waals surface area contributed by atoms with Crippen LogP contribution < -0.4 is 0 Å². The van der Waals surface area contributed by atoms with Crippen LogP contribution in [0.2, 0.25) is 0 Å². The third kappa shape index (κ3) is 2.89. The molecule has 2 fully saturated rings. The third-order valence-electron chi connectivity index (χ3n) is 5.20. The number of hydrogen-bond acceptors (Lipinski definition) is 2. The molecular weight excluding hydrogens is 224 g/mol. The molecule has 0 spiro atoms. The molecule has 0 aromatic carbocycles. The molecule has 0 heterocycles. The van der Waals surface area contributed by atoms with Crippen molar-refractivity contribution in [1.29, 1.82) is 0 Å². The molecule has 2 heteroatoms. The summed E-state index contributed by atoms with van der Waals surface area (Å²) in [5, 5.41) is 0. The lowest BCUT2D eigenvalue weighted by atomic mass is 9.88. The Bertz CT molecular complexity index is 295. The van der Waals surface area contributed by atoms with Crippen LogP contribution in [0.4, 0.5) is 0 Å². The third-order valence-corrected chi connectivity index (χ3v) is 5.20. The van der Waals surface area contributed by atoms with Crippen LogP contribution in [0.25, 0.3) is 0 Å². The number of esters is 1. The van der Waals surface area contributed by atoms with Crippen molar-refractivity contribution in [3.8, 4) is 0 Å². The van der Waals surface area contributed by atoms with E-state index < -0.39 is 0 Å². The number of carbonyl (C=O) groups is 1. The first-order valence-electron chi connectivity index (χ1n) is 7.75. The number of carbonyl (C=O) groups excluding carboxylic acids is 1. The van der Waals surface area contributed by atoms with Gasteiger partial charge in [0.15, 0.2) is 0 Å². The Morgan fingerprint density at radius 2 is 1.78 bits per heavy atom. The van der Waals surface area contributed by atoms with Crippen molar-refractivity contribution in [3.63, 3.8) is 0 Å². The van der Waals surface area contributed by atoms with Crippen LogP contribution in [0.1, 0.15) is 72.1 Å². The molecular formula is C16H28O2. The van der Waals surface area contributed by atoms with E-state index in [1.54, 1.807) is 0 Å². The minimum absolute atomic E-state index is 0.0162. The summed E-state index contributed by atoms with van der Waals surface area (Å²) in [4.78, 5) is 12.2. The van der Waals surface area contributed by atoms with Gasteiger partial charge in [-0.25, -0.2) is 0 Å². The maximum Gasteiger partial charge on any atom is 0.311 e. The standard InChI is InChI=1S/C16H28O2/c1-4-16(2,3)15(17)18-14-11-6-5-8-12-9-7-10-13(12)14/h12-14H,4-11H2,1-3H3. The van der Waals surface area contributed by atoms with Gasteiger partial charge >= 0.3 is 5.97 Å². The molecule has 2 nitrogen and oxygen atoms in total. The number of hydrogen-bond donors (Lipinski definition) is 0. The highest BCUT2D eigenvalue weighted by atomic mass is 16.5. The highest BCUT2D eigenvalue weighted by molar-refractivity contribution is 5.76. The Hall–Kier alpha value is -0.530. The molecule has 0 bridgehead atoms. The molecule has 0 aromatic heterocycles. The SMILES string of the molecule is CCC(C)(C)C(=O)OC1CCCCC2CCCC21. The fraction of sp³-hybridized carbons (Fsp3) is 0.938. The van der Waals surface area contributed by atoms with Gasteiger partial charge in [-0.05, 0) is 51.4 Å². The van der Waals surface area contributed by atoms with Crippen LogP contribution in [-0.4, -0.2) is 12.1 Å². The fourth-order valence-corrected chi connectivity index (χ4v) is 3.47. The van der Waals surface area contributed by atoms with Crippen molar-refractivity contribution >= 4 is 5.97 Å². The molecule has 0 N–H and O–H groups in total. The highest BCUT2D eigenvalue weighted by Crippen LogP contribution is 2.42. The summed E-state index contributed by atoms with van der Waals surface area (Å²) in [6.45, 7) is 6.06. The lowest BCUT2D eigenvalue weighted by Crippen LogP contribution is -2.34. The molecule has 0 aliphatic heterocycles. The zero-order valence-electron chi connectivity index (χ0n) is 12.2. The first-order chi connectivity index (χ1) is 8.54. The largest absolute Gasteiger partial charge is 0.462 e. The Balaban J connectivity index is 2.00. The van der Waals surface area contributed by atoms with Gasteiger partial charge in [0.1, 0.15) is 6.10 Å². The van der Waals surface area contributed by atoms with Gasteiger partial charge in [0.25, 0.3) is 0 Å². The summed E-state index contributed by atoms with van der Waals surface area (Å²) < 4.78 is 5.90. The maximum absolute atomic E-state index is 12.2. The van der Waals surface area contributed by atoms with E-state index >= 15 is 0 Å². The monoisotopic (exact) mass is 252 g/mol. The van der Waals surface area contributed by atoms with Crippen molar-refractivity contribution in [2.75, 3.05) is 0 Å². The lowest BCUT2D eigenvalue weighted by molar-refractivity contribution is -0.163. The van der Waals surface area contributed by atoms with E-state index in [-0.39, 0.29) is 17.5 Å². The van der Waals surface area contributed by atoms with Gasteiger partial charge in [-0.2, -0.15) is 0 Å². The van der Waals surface area contributed by atoms with E-state index in [1.165, 1.54) is 38.5 Å². The van der Waals surface area contributed by atoms with Gasteiger partial charge in [0.05, 0.1) is 5.41 Å². The fourth-order valence-electron chi connectivity index (χ4n) is 3.47.